The molecule has 1 aromatic heterocycles. The fraction of sp³-hybridized carbons (Fsp3) is 0.227. The zero-order valence-corrected chi connectivity index (χ0v) is 16.7. The van der Waals surface area contributed by atoms with Crippen molar-refractivity contribution in [2.75, 3.05) is 11.1 Å². The Balaban J connectivity index is 1.79. The molecule has 4 nitrogen and oxygen atoms in total. The van der Waals surface area contributed by atoms with Gasteiger partial charge in [0.05, 0.1) is 16.8 Å². The van der Waals surface area contributed by atoms with Gasteiger partial charge in [-0.1, -0.05) is 30.0 Å². The summed E-state index contributed by atoms with van der Waals surface area (Å²) in [5, 5.41) is 14.0. The minimum Gasteiger partial charge on any atom is -0.325 e. The molecule has 1 heterocycles. The van der Waals surface area contributed by atoms with Gasteiger partial charge < -0.3 is 5.32 Å². The Morgan fingerprint density at radius 1 is 1.04 bits per heavy atom. The van der Waals surface area contributed by atoms with E-state index >= 15 is 0 Å². The molecule has 0 radical (unpaired) electrons. The highest BCUT2D eigenvalue weighted by atomic mass is 32.2. The molecular weight excluding hydrogens is 354 g/mol. The second-order valence-corrected chi connectivity index (χ2v) is 7.65. The number of aryl methyl sites for hydroxylation is 4. The Bertz CT molecular complexity index is 1080. The zero-order chi connectivity index (χ0) is 19.6. The van der Waals surface area contributed by atoms with Crippen molar-refractivity contribution in [3.05, 3.63) is 64.2 Å². The van der Waals surface area contributed by atoms with Crippen LogP contribution in [0.4, 0.5) is 5.69 Å². The molecule has 3 rings (SSSR count). The first-order chi connectivity index (χ1) is 12.9. The molecule has 0 bridgehead atoms. The number of amides is 1. The van der Waals surface area contributed by atoms with Crippen LogP contribution in [0.15, 0.2) is 41.4 Å². The molecular formula is C22H21N3OS. The third-order valence-corrected chi connectivity index (χ3v) is 5.61. The van der Waals surface area contributed by atoms with Gasteiger partial charge in [0.15, 0.2) is 0 Å². The lowest BCUT2D eigenvalue weighted by molar-refractivity contribution is -0.113. The van der Waals surface area contributed by atoms with Gasteiger partial charge in [-0.25, -0.2) is 4.98 Å². The van der Waals surface area contributed by atoms with Crippen molar-refractivity contribution >= 4 is 34.3 Å². The SMILES string of the molecule is Cc1ccc(NC(=O)CSc2nc3c(C)ccc(C)c3cc2C#N)cc1C. The number of nitrogens with zero attached hydrogens (tertiary/aromatic N) is 2. The number of fused-ring (bicyclic) bond motifs is 1. The van der Waals surface area contributed by atoms with Crippen molar-refractivity contribution in [1.29, 1.82) is 5.26 Å². The van der Waals surface area contributed by atoms with Crippen molar-refractivity contribution in [2.45, 2.75) is 32.7 Å². The van der Waals surface area contributed by atoms with Crippen LogP contribution in [0.1, 0.15) is 27.8 Å². The summed E-state index contributed by atoms with van der Waals surface area (Å²) < 4.78 is 0. The van der Waals surface area contributed by atoms with E-state index in [0.717, 1.165) is 33.3 Å². The summed E-state index contributed by atoms with van der Waals surface area (Å²) >= 11 is 1.29. The molecule has 1 N–H and O–H groups in total. The minimum atomic E-state index is -0.116. The van der Waals surface area contributed by atoms with Crippen LogP contribution in [-0.4, -0.2) is 16.6 Å². The van der Waals surface area contributed by atoms with Gasteiger partial charge in [-0.05, 0) is 68.1 Å². The van der Waals surface area contributed by atoms with Crippen molar-refractivity contribution in [3.8, 4) is 6.07 Å². The fourth-order valence-electron chi connectivity index (χ4n) is 2.86. The van der Waals surface area contributed by atoms with Gasteiger partial charge in [0.1, 0.15) is 11.1 Å². The Kier molecular flexibility index (Phi) is 5.48. The van der Waals surface area contributed by atoms with Crippen LogP contribution >= 0.6 is 11.8 Å². The lowest BCUT2D eigenvalue weighted by Crippen LogP contribution is -2.14. The predicted octanol–water partition coefficient (Wildman–Crippen LogP) is 5.07. The number of rotatable bonds is 4. The lowest BCUT2D eigenvalue weighted by atomic mass is 10.0. The predicted molar refractivity (Wildman–Crippen MR) is 111 cm³/mol. The number of hydrogen-bond donors (Lipinski definition) is 1. The Labute approximate surface area is 163 Å². The molecule has 0 spiro atoms. The zero-order valence-electron chi connectivity index (χ0n) is 15.9. The van der Waals surface area contributed by atoms with E-state index < -0.39 is 0 Å². The molecule has 0 unspecified atom stereocenters. The molecule has 0 saturated heterocycles. The minimum absolute atomic E-state index is 0.116. The van der Waals surface area contributed by atoms with Gasteiger partial charge >= 0.3 is 0 Å². The smallest absolute Gasteiger partial charge is 0.234 e. The van der Waals surface area contributed by atoms with Gasteiger partial charge in [-0.15, -0.1) is 0 Å². The average Bonchev–Trinajstić information content (AvgIpc) is 2.65. The lowest BCUT2D eigenvalue weighted by Gasteiger charge is -2.10. The van der Waals surface area contributed by atoms with E-state index in [1.807, 2.05) is 64.1 Å². The molecule has 0 atom stereocenters. The van der Waals surface area contributed by atoms with Gasteiger partial charge in [0.2, 0.25) is 5.91 Å². The highest BCUT2D eigenvalue weighted by Crippen LogP contribution is 2.28. The summed E-state index contributed by atoms with van der Waals surface area (Å²) in [6, 6.07) is 14.0. The summed E-state index contributed by atoms with van der Waals surface area (Å²) in [6.45, 7) is 8.06. The van der Waals surface area contributed by atoms with Crippen molar-refractivity contribution < 1.29 is 4.79 Å². The summed E-state index contributed by atoms with van der Waals surface area (Å²) in [6.07, 6.45) is 0. The first-order valence-electron chi connectivity index (χ1n) is 8.70. The average molecular weight is 375 g/mol. The molecule has 0 saturated carbocycles. The summed E-state index contributed by atoms with van der Waals surface area (Å²) in [4.78, 5) is 17.0. The number of anilines is 1. The summed E-state index contributed by atoms with van der Waals surface area (Å²) in [7, 11) is 0. The molecule has 0 aliphatic rings. The maximum atomic E-state index is 12.3. The quantitative estimate of drug-likeness (QED) is 0.647. The Morgan fingerprint density at radius 2 is 1.74 bits per heavy atom. The molecule has 2 aromatic carbocycles. The van der Waals surface area contributed by atoms with E-state index in [1.165, 1.54) is 17.3 Å². The van der Waals surface area contributed by atoms with E-state index in [0.29, 0.717) is 10.6 Å². The number of pyridine rings is 1. The molecule has 0 aliphatic carbocycles. The van der Waals surface area contributed by atoms with Crippen LogP contribution in [0.25, 0.3) is 10.9 Å². The number of nitriles is 1. The first-order valence-corrected chi connectivity index (χ1v) is 9.68. The van der Waals surface area contributed by atoms with Crippen LogP contribution < -0.4 is 5.32 Å². The molecule has 0 aliphatic heterocycles. The van der Waals surface area contributed by atoms with E-state index in [1.54, 1.807) is 0 Å². The normalized spacial score (nSPS) is 10.6. The van der Waals surface area contributed by atoms with Crippen molar-refractivity contribution in [2.24, 2.45) is 0 Å². The monoisotopic (exact) mass is 375 g/mol. The van der Waals surface area contributed by atoms with Gasteiger partial charge in [0, 0.05) is 11.1 Å². The van der Waals surface area contributed by atoms with E-state index in [9.17, 15) is 10.1 Å². The number of nitrogens with one attached hydrogen (secondary N) is 1. The highest BCUT2D eigenvalue weighted by Gasteiger charge is 2.13. The molecule has 1 amide bonds. The summed E-state index contributed by atoms with van der Waals surface area (Å²) in [5.41, 5.74) is 6.62. The number of carbonyl (C=O) groups excluding carboxylic acids is 1. The molecule has 0 fully saturated rings. The Morgan fingerprint density at radius 3 is 2.44 bits per heavy atom. The van der Waals surface area contributed by atoms with Gasteiger partial charge in [0.25, 0.3) is 0 Å². The first kappa shape index (κ1) is 18.9. The summed E-state index contributed by atoms with van der Waals surface area (Å²) in [5.74, 6) is 0.0836. The number of hydrogen-bond acceptors (Lipinski definition) is 4. The topological polar surface area (TPSA) is 65.8 Å². The van der Waals surface area contributed by atoms with Crippen molar-refractivity contribution in [3.63, 3.8) is 0 Å². The second-order valence-electron chi connectivity index (χ2n) is 6.68. The largest absolute Gasteiger partial charge is 0.325 e. The van der Waals surface area contributed by atoms with Crippen LogP contribution in [0.2, 0.25) is 0 Å². The fourth-order valence-corrected chi connectivity index (χ4v) is 3.61. The standard InChI is InChI=1S/C22H21N3OS/c1-13-7-8-18(9-16(13)4)24-20(26)12-27-22-17(11-23)10-19-14(2)5-6-15(3)21(19)25-22/h5-10H,12H2,1-4H3,(H,24,26). The van der Waals surface area contributed by atoms with E-state index in [-0.39, 0.29) is 11.7 Å². The van der Waals surface area contributed by atoms with Crippen LogP contribution in [0.3, 0.4) is 0 Å². The van der Waals surface area contributed by atoms with E-state index in [2.05, 4.69) is 16.4 Å². The van der Waals surface area contributed by atoms with Crippen LogP contribution in [-0.2, 0) is 4.79 Å². The van der Waals surface area contributed by atoms with Crippen LogP contribution in [0, 0.1) is 39.0 Å². The van der Waals surface area contributed by atoms with Gasteiger partial charge in [-0.3, -0.25) is 4.79 Å². The van der Waals surface area contributed by atoms with E-state index in [4.69, 9.17) is 0 Å². The third kappa shape index (κ3) is 4.12. The molecule has 136 valence electrons. The highest BCUT2D eigenvalue weighted by molar-refractivity contribution is 8.00. The number of carbonyl (C=O) groups is 1. The number of thioether (sulfide) groups is 1. The number of benzene rings is 2. The molecule has 27 heavy (non-hydrogen) atoms. The Hall–Kier alpha value is -2.84. The third-order valence-electron chi connectivity index (χ3n) is 4.62. The molecule has 3 aromatic rings. The maximum Gasteiger partial charge on any atom is 0.234 e. The van der Waals surface area contributed by atoms with Crippen LogP contribution in [0.5, 0.6) is 0 Å². The second kappa shape index (κ2) is 7.81. The van der Waals surface area contributed by atoms with Crippen molar-refractivity contribution in [1.82, 2.24) is 4.98 Å². The number of aromatic nitrogens is 1. The molecule has 5 heteroatoms. The van der Waals surface area contributed by atoms with Gasteiger partial charge in [-0.2, -0.15) is 5.26 Å². The maximum absolute atomic E-state index is 12.3.